The first-order valence-electron chi connectivity index (χ1n) is 9.27. The maximum atomic E-state index is 5.39. The highest BCUT2D eigenvalue weighted by molar-refractivity contribution is 5.61. The molecule has 28 heavy (non-hydrogen) atoms. The SMILES string of the molecule is COc1ccc(CCNc2ncc(-c3cc(C)no3)c(C(C)C)n2)cc1OC. The van der Waals surface area contributed by atoms with Gasteiger partial charge < -0.3 is 19.3 Å². The molecule has 0 atom stereocenters. The summed E-state index contributed by atoms with van der Waals surface area (Å²) < 4.78 is 16.0. The van der Waals surface area contributed by atoms with Crippen LogP contribution in [0.5, 0.6) is 11.5 Å². The quantitative estimate of drug-likeness (QED) is 0.624. The van der Waals surface area contributed by atoms with Gasteiger partial charge in [0, 0.05) is 18.8 Å². The summed E-state index contributed by atoms with van der Waals surface area (Å²) in [5.74, 6) is 2.98. The van der Waals surface area contributed by atoms with E-state index in [4.69, 9.17) is 19.0 Å². The molecule has 0 saturated heterocycles. The fourth-order valence-corrected chi connectivity index (χ4v) is 2.96. The molecule has 2 heterocycles. The van der Waals surface area contributed by atoms with Crippen LogP contribution in [0.4, 0.5) is 5.95 Å². The van der Waals surface area contributed by atoms with Crippen LogP contribution in [-0.2, 0) is 6.42 Å². The molecule has 0 unspecified atom stereocenters. The fourth-order valence-electron chi connectivity index (χ4n) is 2.96. The summed E-state index contributed by atoms with van der Waals surface area (Å²) in [6.45, 7) is 6.80. The Hall–Kier alpha value is -3.09. The van der Waals surface area contributed by atoms with E-state index in [0.29, 0.717) is 18.3 Å². The molecule has 0 aliphatic carbocycles. The lowest BCUT2D eigenvalue weighted by Gasteiger charge is -2.13. The van der Waals surface area contributed by atoms with Crippen LogP contribution in [0.1, 0.15) is 36.7 Å². The Morgan fingerprint density at radius 3 is 2.54 bits per heavy atom. The molecular weight excluding hydrogens is 356 g/mol. The van der Waals surface area contributed by atoms with Crippen molar-refractivity contribution in [2.75, 3.05) is 26.1 Å². The first kappa shape index (κ1) is 19.7. The molecule has 0 saturated carbocycles. The molecule has 1 N–H and O–H groups in total. The largest absolute Gasteiger partial charge is 0.493 e. The lowest BCUT2D eigenvalue weighted by atomic mass is 10.0. The number of ether oxygens (including phenoxy) is 2. The van der Waals surface area contributed by atoms with Crippen molar-refractivity contribution in [3.05, 3.63) is 47.4 Å². The Labute approximate surface area is 165 Å². The van der Waals surface area contributed by atoms with Crippen molar-refractivity contribution in [1.29, 1.82) is 0 Å². The zero-order chi connectivity index (χ0) is 20.1. The normalized spacial score (nSPS) is 10.9. The zero-order valence-corrected chi connectivity index (χ0v) is 16.9. The third kappa shape index (κ3) is 4.42. The highest BCUT2D eigenvalue weighted by Gasteiger charge is 2.16. The molecule has 0 amide bonds. The molecule has 148 valence electrons. The summed E-state index contributed by atoms with van der Waals surface area (Å²) in [4.78, 5) is 9.14. The summed E-state index contributed by atoms with van der Waals surface area (Å²) in [7, 11) is 3.27. The van der Waals surface area contributed by atoms with Gasteiger partial charge in [0.15, 0.2) is 17.3 Å². The topological polar surface area (TPSA) is 82.3 Å². The van der Waals surface area contributed by atoms with Gasteiger partial charge in [-0.3, -0.25) is 0 Å². The number of rotatable bonds is 8. The first-order chi connectivity index (χ1) is 13.5. The van der Waals surface area contributed by atoms with Crippen molar-refractivity contribution in [3.8, 4) is 22.8 Å². The van der Waals surface area contributed by atoms with Gasteiger partial charge in [0.05, 0.1) is 31.2 Å². The van der Waals surface area contributed by atoms with Crippen LogP contribution in [0.25, 0.3) is 11.3 Å². The van der Waals surface area contributed by atoms with Crippen molar-refractivity contribution in [2.45, 2.75) is 33.1 Å². The average molecular weight is 382 g/mol. The minimum atomic E-state index is 0.231. The number of nitrogens with zero attached hydrogens (tertiary/aromatic N) is 3. The van der Waals surface area contributed by atoms with Gasteiger partial charge in [-0.25, -0.2) is 9.97 Å². The number of hydrogen-bond acceptors (Lipinski definition) is 7. The summed E-state index contributed by atoms with van der Waals surface area (Å²) in [5.41, 5.74) is 3.78. The molecule has 7 heteroatoms. The summed E-state index contributed by atoms with van der Waals surface area (Å²) in [5, 5.41) is 7.26. The molecule has 0 bridgehead atoms. The lowest BCUT2D eigenvalue weighted by molar-refractivity contribution is 0.354. The van der Waals surface area contributed by atoms with Crippen LogP contribution < -0.4 is 14.8 Å². The highest BCUT2D eigenvalue weighted by atomic mass is 16.5. The smallest absolute Gasteiger partial charge is 0.222 e. The van der Waals surface area contributed by atoms with E-state index in [1.54, 1.807) is 20.4 Å². The molecule has 0 radical (unpaired) electrons. The summed E-state index contributed by atoms with van der Waals surface area (Å²) in [6, 6.07) is 7.82. The number of anilines is 1. The van der Waals surface area contributed by atoms with E-state index in [-0.39, 0.29) is 5.92 Å². The van der Waals surface area contributed by atoms with Crippen LogP contribution in [-0.4, -0.2) is 35.9 Å². The van der Waals surface area contributed by atoms with Crippen LogP contribution >= 0.6 is 0 Å². The molecule has 0 aliphatic heterocycles. The first-order valence-corrected chi connectivity index (χ1v) is 9.27. The number of nitrogens with one attached hydrogen (secondary N) is 1. The summed E-state index contributed by atoms with van der Waals surface area (Å²) >= 11 is 0. The van der Waals surface area contributed by atoms with Gasteiger partial charge in [-0.05, 0) is 37.0 Å². The Morgan fingerprint density at radius 1 is 1.11 bits per heavy atom. The number of methoxy groups -OCH3 is 2. The Balaban J connectivity index is 1.70. The van der Waals surface area contributed by atoms with Crippen molar-refractivity contribution >= 4 is 5.95 Å². The minimum Gasteiger partial charge on any atom is -0.493 e. The monoisotopic (exact) mass is 382 g/mol. The molecule has 0 aliphatic rings. The van der Waals surface area contributed by atoms with E-state index in [0.717, 1.165) is 40.4 Å². The number of benzene rings is 1. The minimum absolute atomic E-state index is 0.231. The van der Waals surface area contributed by atoms with E-state index < -0.39 is 0 Å². The third-order valence-corrected chi connectivity index (χ3v) is 4.40. The van der Waals surface area contributed by atoms with E-state index in [2.05, 4.69) is 29.3 Å². The second-order valence-electron chi connectivity index (χ2n) is 6.85. The number of hydrogen-bond donors (Lipinski definition) is 1. The van der Waals surface area contributed by atoms with Gasteiger partial charge in [-0.15, -0.1) is 0 Å². The zero-order valence-electron chi connectivity index (χ0n) is 16.9. The standard InChI is InChI=1S/C21H26N4O3/c1-13(2)20-16(18-10-14(3)25-28-18)12-23-21(24-20)22-9-8-15-6-7-17(26-4)19(11-15)27-5/h6-7,10-13H,8-9H2,1-5H3,(H,22,23,24). The number of aromatic nitrogens is 3. The molecule has 3 aromatic rings. The van der Waals surface area contributed by atoms with Crippen LogP contribution in [0.15, 0.2) is 35.0 Å². The van der Waals surface area contributed by atoms with E-state index in [1.807, 2.05) is 31.2 Å². The van der Waals surface area contributed by atoms with Gasteiger partial charge >= 0.3 is 0 Å². The third-order valence-electron chi connectivity index (χ3n) is 4.40. The lowest BCUT2D eigenvalue weighted by Crippen LogP contribution is -2.10. The second-order valence-corrected chi connectivity index (χ2v) is 6.85. The van der Waals surface area contributed by atoms with Crippen molar-refractivity contribution in [1.82, 2.24) is 15.1 Å². The average Bonchev–Trinajstić information content (AvgIpc) is 3.13. The fraction of sp³-hybridized carbons (Fsp3) is 0.381. The Morgan fingerprint density at radius 2 is 1.89 bits per heavy atom. The van der Waals surface area contributed by atoms with Crippen LogP contribution in [0, 0.1) is 6.92 Å². The van der Waals surface area contributed by atoms with Gasteiger partial charge in [0.25, 0.3) is 0 Å². The van der Waals surface area contributed by atoms with Crippen molar-refractivity contribution in [2.24, 2.45) is 0 Å². The summed E-state index contributed by atoms with van der Waals surface area (Å²) in [6.07, 6.45) is 2.60. The van der Waals surface area contributed by atoms with Gasteiger partial charge in [0.2, 0.25) is 5.95 Å². The molecule has 1 aromatic carbocycles. The Kier molecular flexibility index (Phi) is 6.13. The van der Waals surface area contributed by atoms with Gasteiger partial charge in [-0.2, -0.15) is 0 Å². The van der Waals surface area contributed by atoms with Crippen LogP contribution in [0.2, 0.25) is 0 Å². The molecule has 7 nitrogen and oxygen atoms in total. The molecular formula is C21H26N4O3. The van der Waals surface area contributed by atoms with Crippen molar-refractivity contribution in [3.63, 3.8) is 0 Å². The van der Waals surface area contributed by atoms with Gasteiger partial charge in [-0.1, -0.05) is 25.1 Å². The number of aryl methyl sites for hydroxylation is 1. The maximum Gasteiger partial charge on any atom is 0.222 e. The van der Waals surface area contributed by atoms with Gasteiger partial charge in [0.1, 0.15) is 0 Å². The second kappa shape index (κ2) is 8.73. The Bertz CT molecular complexity index is 937. The maximum absolute atomic E-state index is 5.39. The molecule has 2 aromatic heterocycles. The predicted octanol–water partition coefficient (Wildman–Crippen LogP) is 4.24. The predicted molar refractivity (Wildman–Crippen MR) is 108 cm³/mol. The molecule has 0 fully saturated rings. The van der Waals surface area contributed by atoms with E-state index in [9.17, 15) is 0 Å². The van der Waals surface area contributed by atoms with Crippen molar-refractivity contribution < 1.29 is 14.0 Å². The van der Waals surface area contributed by atoms with Crippen LogP contribution in [0.3, 0.4) is 0 Å². The van der Waals surface area contributed by atoms with E-state index >= 15 is 0 Å². The van der Waals surface area contributed by atoms with E-state index in [1.165, 1.54) is 0 Å². The molecule has 3 rings (SSSR count). The highest BCUT2D eigenvalue weighted by Crippen LogP contribution is 2.29. The molecule has 0 spiro atoms.